The molecular formula is C53H52N2O9. The van der Waals surface area contributed by atoms with Crippen LogP contribution >= 0.6 is 0 Å². The molecule has 1 aromatic heterocycles. The van der Waals surface area contributed by atoms with Crippen LogP contribution in [0.1, 0.15) is 45.2 Å². The van der Waals surface area contributed by atoms with Gasteiger partial charge in [-0.3, -0.25) is 0 Å². The summed E-state index contributed by atoms with van der Waals surface area (Å²) < 4.78 is 40.0. The number of carbonyl (C=O) groups excluding carboxylic acids is 1. The highest BCUT2D eigenvalue weighted by atomic mass is 16.6. The van der Waals surface area contributed by atoms with Gasteiger partial charge in [0, 0.05) is 17.3 Å². The highest BCUT2D eigenvalue weighted by Gasteiger charge is 2.50. The molecule has 6 atom stereocenters. The third-order valence-electron chi connectivity index (χ3n) is 11.2. The van der Waals surface area contributed by atoms with Crippen LogP contribution in [0.5, 0.6) is 0 Å². The van der Waals surface area contributed by atoms with Gasteiger partial charge in [0.15, 0.2) is 0 Å². The summed E-state index contributed by atoms with van der Waals surface area (Å²) in [5, 5.41) is 14.0. The summed E-state index contributed by atoms with van der Waals surface area (Å²) in [6.07, 6.45) is -4.69. The van der Waals surface area contributed by atoms with Gasteiger partial charge in [-0.15, -0.1) is 0 Å². The summed E-state index contributed by atoms with van der Waals surface area (Å²) in [5.41, 5.74) is 6.65. The number of aliphatic carboxylic acids is 1. The molecule has 1 aliphatic heterocycles. The van der Waals surface area contributed by atoms with Crippen molar-refractivity contribution in [3.8, 4) is 0 Å². The van der Waals surface area contributed by atoms with E-state index in [9.17, 15) is 14.7 Å². The van der Waals surface area contributed by atoms with Crippen molar-refractivity contribution in [2.24, 2.45) is 0 Å². The number of aromatic amines is 1. The maximum absolute atomic E-state index is 13.2. The number of para-hydroxylation sites is 1. The van der Waals surface area contributed by atoms with Crippen LogP contribution in [-0.4, -0.2) is 59.2 Å². The van der Waals surface area contributed by atoms with E-state index in [1.165, 1.54) is 0 Å². The first kappa shape index (κ1) is 44.0. The van der Waals surface area contributed by atoms with Gasteiger partial charge in [-0.05, 0) is 39.4 Å². The lowest BCUT2D eigenvalue weighted by atomic mass is 9.89. The Hall–Kier alpha value is -6.60. The summed E-state index contributed by atoms with van der Waals surface area (Å²) in [7, 11) is 0. The van der Waals surface area contributed by atoms with Crippen LogP contribution in [0.3, 0.4) is 0 Å². The Labute approximate surface area is 372 Å². The van der Waals surface area contributed by atoms with E-state index in [1.807, 2.05) is 176 Å². The van der Waals surface area contributed by atoms with Gasteiger partial charge in [-0.25, -0.2) is 9.59 Å². The number of carboxylic acid groups (broad SMARTS) is 1. The normalized spacial score (nSPS) is 18.9. The van der Waals surface area contributed by atoms with E-state index in [4.69, 9.17) is 28.4 Å². The zero-order valence-electron chi connectivity index (χ0n) is 35.4. The molecule has 6 aromatic carbocycles. The highest BCUT2D eigenvalue weighted by molar-refractivity contribution is 5.87. The Morgan fingerprint density at radius 1 is 0.562 bits per heavy atom. The summed E-state index contributed by atoms with van der Waals surface area (Å²) in [4.78, 5) is 29.7. The molecule has 0 unspecified atom stereocenters. The number of hydrogen-bond donors (Lipinski definition) is 3. The van der Waals surface area contributed by atoms with E-state index in [2.05, 4.69) is 10.3 Å². The van der Waals surface area contributed by atoms with E-state index >= 15 is 0 Å². The Morgan fingerprint density at radius 3 is 1.55 bits per heavy atom. The maximum Gasteiger partial charge on any atom is 0.408 e. The Bertz CT molecular complexity index is 2510. The van der Waals surface area contributed by atoms with Crippen molar-refractivity contribution in [2.45, 2.75) is 76.0 Å². The molecule has 1 fully saturated rings. The number of nitrogens with one attached hydrogen (secondary N) is 2. The van der Waals surface area contributed by atoms with Crippen molar-refractivity contribution < 1.29 is 43.1 Å². The van der Waals surface area contributed by atoms with E-state index < -0.39 is 48.6 Å². The van der Waals surface area contributed by atoms with Crippen molar-refractivity contribution in [3.63, 3.8) is 0 Å². The van der Waals surface area contributed by atoms with Crippen molar-refractivity contribution in [1.29, 1.82) is 0 Å². The first-order valence-electron chi connectivity index (χ1n) is 21.5. The van der Waals surface area contributed by atoms with Crippen molar-refractivity contribution in [1.82, 2.24) is 10.3 Å². The van der Waals surface area contributed by atoms with E-state index in [1.54, 1.807) is 0 Å². The maximum atomic E-state index is 13.2. The summed E-state index contributed by atoms with van der Waals surface area (Å²) in [6, 6.07) is 55.2. The monoisotopic (exact) mass is 860 g/mol. The van der Waals surface area contributed by atoms with Crippen molar-refractivity contribution in [2.75, 3.05) is 6.61 Å². The van der Waals surface area contributed by atoms with Crippen LogP contribution in [0.25, 0.3) is 10.9 Å². The molecule has 328 valence electrons. The molecule has 0 saturated carbocycles. The van der Waals surface area contributed by atoms with Crippen LogP contribution < -0.4 is 5.32 Å². The lowest BCUT2D eigenvalue weighted by Crippen LogP contribution is -2.58. The highest BCUT2D eigenvalue weighted by Crippen LogP contribution is 2.41. The molecule has 3 N–H and O–H groups in total. The third kappa shape index (κ3) is 11.7. The smallest absolute Gasteiger partial charge is 0.408 e. The molecule has 0 spiro atoms. The number of rotatable bonds is 20. The largest absolute Gasteiger partial charge is 0.480 e. The second-order valence-electron chi connectivity index (χ2n) is 15.7. The number of carboxylic acids is 1. The number of hydrogen-bond acceptors (Lipinski definition) is 8. The van der Waals surface area contributed by atoms with Crippen molar-refractivity contribution in [3.05, 3.63) is 215 Å². The first-order valence-corrected chi connectivity index (χ1v) is 21.5. The molecule has 1 saturated heterocycles. The fourth-order valence-electron chi connectivity index (χ4n) is 8.02. The van der Waals surface area contributed by atoms with E-state index in [0.717, 1.165) is 38.7 Å². The van der Waals surface area contributed by atoms with Crippen LogP contribution in [0.2, 0.25) is 0 Å². The number of benzene rings is 6. The van der Waals surface area contributed by atoms with Crippen LogP contribution in [0.15, 0.2) is 176 Å². The minimum atomic E-state index is -1.36. The average molecular weight is 861 g/mol. The second-order valence-corrected chi connectivity index (χ2v) is 15.7. The number of carbonyl (C=O) groups is 2. The molecule has 1 aliphatic rings. The Balaban J connectivity index is 1.18. The zero-order valence-corrected chi connectivity index (χ0v) is 35.4. The molecule has 0 radical (unpaired) electrons. The topological polar surface area (TPSA) is 138 Å². The molecule has 1 amide bonds. The minimum Gasteiger partial charge on any atom is -0.480 e. The van der Waals surface area contributed by atoms with Gasteiger partial charge in [0.2, 0.25) is 0 Å². The lowest BCUT2D eigenvalue weighted by molar-refractivity contribution is -0.275. The van der Waals surface area contributed by atoms with Crippen molar-refractivity contribution >= 4 is 23.0 Å². The van der Waals surface area contributed by atoms with Crippen LogP contribution in [-0.2, 0) is 72.7 Å². The second kappa shape index (κ2) is 22.2. The van der Waals surface area contributed by atoms with Gasteiger partial charge in [-0.1, -0.05) is 170 Å². The van der Waals surface area contributed by atoms with E-state index in [0.29, 0.717) is 17.9 Å². The number of amides is 1. The molecule has 11 nitrogen and oxygen atoms in total. The molecule has 7 aromatic rings. The zero-order chi connectivity index (χ0) is 43.9. The SMILES string of the molecule is O=C(N[C@@H](Cc1c([C@H]2O[C@H](COCc3ccccc3)[C@H](OCc3ccccc3)[C@H](OCc3ccccc3)[C@H]2OCc2ccccc2)[nH]c2ccccc12)C(=O)O)OCc1ccccc1. The summed E-state index contributed by atoms with van der Waals surface area (Å²) in [5.74, 6) is -1.22. The average Bonchev–Trinajstić information content (AvgIpc) is 3.70. The number of aromatic nitrogens is 1. The Kier molecular flexibility index (Phi) is 15.2. The first-order chi connectivity index (χ1) is 31.5. The fourth-order valence-corrected chi connectivity index (χ4v) is 8.02. The summed E-state index contributed by atoms with van der Waals surface area (Å²) in [6.45, 7) is 1.21. The molecule has 0 aliphatic carbocycles. The molecular weight excluding hydrogens is 809 g/mol. The standard InChI is InChI=1S/C53H52N2O9/c56-52(57)45(55-53(58)63-35-41-26-14-5-15-27-41)30-43-42-28-16-17-29-44(42)54-47(43)49-51(62-34-40-24-12-4-13-25-40)50(61-33-39-22-10-3-11-23-39)48(60-32-38-20-8-2-9-21-38)46(64-49)36-59-31-37-18-6-1-7-19-37/h1-29,45-46,48-51,54H,30-36H2,(H,55,58)(H,56,57)/t45-,46+,48-,49+,50-,51-/m0/s1. The van der Waals surface area contributed by atoms with Crippen LogP contribution in [0.4, 0.5) is 4.79 Å². The van der Waals surface area contributed by atoms with Gasteiger partial charge in [0.25, 0.3) is 0 Å². The van der Waals surface area contributed by atoms with E-state index in [-0.39, 0.29) is 39.5 Å². The minimum absolute atomic E-state index is 0.0146. The predicted molar refractivity (Wildman–Crippen MR) is 242 cm³/mol. The molecule has 2 heterocycles. The molecule has 0 bridgehead atoms. The third-order valence-corrected chi connectivity index (χ3v) is 11.2. The van der Waals surface area contributed by atoms with Gasteiger partial charge in [0.05, 0.1) is 38.7 Å². The Morgan fingerprint density at radius 2 is 1.02 bits per heavy atom. The predicted octanol–water partition coefficient (Wildman–Crippen LogP) is 9.50. The number of H-pyrrole nitrogens is 1. The molecule has 8 rings (SSSR count). The van der Waals surface area contributed by atoms with Crippen LogP contribution in [0, 0.1) is 0 Å². The number of fused-ring (bicyclic) bond motifs is 1. The quantitative estimate of drug-likeness (QED) is 0.0685. The fraction of sp³-hybridized carbons (Fsp3) is 0.245. The van der Waals surface area contributed by atoms with Gasteiger partial charge in [-0.2, -0.15) is 0 Å². The van der Waals surface area contributed by atoms with Gasteiger partial charge in [0.1, 0.15) is 43.2 Å². The number of alkyl carbamates (subject to hydrolysis) is 1. The number of ether oxygens (including phenoxy) is 6. The molecule has 11 heteroatoms. The molecule has 64 heavy (non-hydrogen) atoms. The van der Waals surface area contributed by atoms with Gasteiger partial charge < -0.3 is 43.8 Å². The van der Waals surface area contributed by atoms with Gasteiger partial charge >= 0.3 is 12.1 Å². The summed E-state index contributed by atoms with van der Waals surface area (Å²) >= 11 is 0. The lowest BCUT2D eigenvalue weighted by Gasteiger charge is -2.46.